The van der Waals surface area contributed by atoms with E-state index in [9.17, 15) is 4.79 Å². The van der Waals surface area contributed by atoms with E-state index < -0.39 is 5.91 Å². The van der Waals surface area contributed by atoms with Crippen LogP contribution in [0.1, 0.15) is 42.5 Å². The molecule has 0 spiro atoms. The number of piperidine rings is 1. The standard InChI is InChI=1S/C16H22ClN3O/c17-11-5-3-8-14(15(11)16(18)21)20-10-2-1-7-13(20)12-6-4-9-19-12/h3,5,8,12-13,19H,1-2,4,6-7,9-10H2,(H2,18,21). The SMILES string of the molecule is NC(=O)c1c(Cl)cccc1N1CCCCC1C1CCCN1. The summed E-state index contributed by atoms with van der Waals surface area (Å²) in [5.74, 6) is -0.445. The lowest BCUT2D eigenvalue weighted by Crippen LogP contribution is -2.51. The first-order valence-corrected chi connectivity index (χ1v) is 8.14. The molecule has 1 aromatic rings. The normalized spacial score (nSPS) is 26.0. The number of nitrogens with zero attached hydrogens (tertiary/aromatic N) is 1. The summed E-state index contributed by atoms with van der Waals surface area (Å²) in [7, 11) is 0. The fraction of sp³-hybridized carbons (Fsp3) is 0.562. The van der Waals surface area contributed by atoms with E-state index in [0.717, 1.165) is 31.6 Å². The molecule has 114 valence electrons. The van der Waals surface area contributed by atoms with Crippen molar-refractivity contribution < 1.29 is 4.79 Å². The molecule has 0 saturated carbocycles. The van der Waals surface area contributed by atoms with Crippen LogP contribution in [-0.2, 0) is 0 Å². The van der Waals surface area contributed by atoms with Crippen molar-refractivity contribution in [1.29, 1.82) is 0 Å². The maximum atomic E-state index is 11.8. The monoisotopic (exact) mass is 307 g/mol. The summed E-state index contributed by atoms with van der Waals surface area (Å²) in [6.45, 7) is 2.05. The minimum atomic E-state index is -0.445. The Balaban J connectivity index is 1.96. The summed E-state index contributed by atoms with van der Waals surface area (Å²) < 4.78 is 0. The van der Waals surface area contributed by atoms with Crippen molar-refractivity contribution in [2.75, 3.05) is 18.0 Å². The molecule has 2 saturated heterocycles. The van der Waals surface area contributed by atoms with Gasteiger partial charge in [0.05, 0.1) is 16.3 Å². The summed E-state index contributed by atoms with van der Waals surface area (Å²) in [6.07, 6.45) is 5.98. The second-order valence-corrected chi connectivity index (χ2v) is 6.36. The molecule has 0 radical (unpaired) electrons. The fourth-order valence-corrected chi connectivity index (χ4v) is 3.97. The van der Waals surface area contributed by atoms with Crippen molar-refractivity contribution >= 4 is 23.2 Å². The Hall–Kier alpha value is -1.26. The molecule has 1 amide bonds. The highest BCUT2D eigenvalue weighted by Crippen LogP contribution is 2.34. The van der Waals surface area contributed by atoms with Crippen LogP contribution in [0.4, 0.5) is 5.69 Å². The first kappa shape index (κ1) is 14.7. The van der Waals surface area contributed by atoms with E-state index in [1.807, 2.05) is 12.1 Å². The number of anilines is 1. The van der Waals surface area contributed by atoms with Crippen LogP contribution in [-0.4, -0.2) is 31.1 Å². The zero-order valence-electron chi connectivity index (χ0n) is 12.1. The third-order valence-electron chi connectivity index (χ3n) is 4.66. The molecule has 3 N–H and O–H groups in total. The fourth-order valence-electron chi connectivity index (χ4n) is 3.71. The topological polar surface area (TPSA) is 58.4 Å². The molecule has 5 heteroatoms. The van der Waals surface area contributed by atoms with Gasteiger partial charge in [0.15, 0.2) is 0 Å². The Labute approximate surface area is 130 Å². The van der Waals surface area contributed by atoms with Crippen molar-refractivity contribution in [3.8, 4) is 0 Å². The number of primary amides is 1. The number of amides is 1. The number of hydrogen-bond acceptors (Lipinski definition) is 3. The molecule has 0 bridgehead atoms. The maximum absolute atomic E-state index is 11.8. The number of carbonyl (C=O) groups excluding carboxylic acids is 1. The molecule has 2 heterocycles. The summed E-state index contributed by atoms with van der Waals surface area (Å²) in [6, 6.07) is 6.54. The van der Waals surface area contributed by atoms with Crippen LogP contribution in [0.3, 0.4) is 0 Å². The molecule has 2 aliphatic heterocycles. The van der Waals surface area contributed by atoms with Gasteiger partial charge in [0.2, 0.25) is 0 Å². The van der Waals surface area contributed by atoms with E-state index in [0.29, 0.717) is 22.7 Å². The van der Waals surface area contributed by atoms with Crippen LogP contribution in [0.5, 0.6) is 0 Å². The molecule has 2 aliphatic rings. The van der Waals surface area contributed by atoms with Gasteiger partial charge in [0.25, 0.3) is 5.91 Å². The molecule has 1 aromatic carbocycles. The molecule has 2 atom stereocenters. The lowest BCUT2D eigenvalue weighted by atomic mass is 9.93. The van der Waals surface area contributed by atoms with Gasteiger partial charge in [-0.2, -0.15) is 0 Å². The molecular formula is C16H22ClN3O. The van der Waals surface area contributed by atoms with Crippen LogP contribution in [0.25, 0.3) is 0 Å². The van der Waals surface area contributed by atoms with Crippen LogP contribution in [0.2, 0.25) is 5.02 Å². The third kappa shape index (κ3) is 2.87. The Morgan fingerprint density at radius 2 is 2.14 bits per heavy atom. The minimum Gasteiger partial charge on any atom is -0.366 e. The van der Waals surface area contributed by atoms with Crippen LogP contribution in [0, 0.1) is 0 Å². The van der Waals surface area contributed by atoms with Gasteiger partial charge in [0.1, 0.15) is 0 Å². The first-order valence-electron chi connectivity index (χ1n) is 7.77. The van der Waals surface area contributed by atoms with E-state index in [1.165, 1.54) is 19.3 Å². The zero-order chi connectivity index (χ0) is 14.8. The smallest absolute Gasteiger partial charge is 0.252 e. The van der Waals surface area contributed by atoms with E-state index in [-0.39, 0.29) is 0 Å². The number of carbonyl (C=O) groups is 1. The quantitative estimate of drug-likeness (QED) is 0.902. The van der Waals surface area contributed by atoms with Gasteiger partial charge in [-0.3, -0.25) is 4.79 Å². The predicted molar refractivity (Wildman–Crippen MR) is 86.0 cm³/mol. The van der Waals surface area contributed by atoms with Crippen LogP contribution in [0.15, 0.2) is 18.2 Å². The van der Waals surface area contributed by atoms with Gasteiger partial charge in [-0.25, -0.2) is 0 Å². The van der Waals surface area contributed by atoms with Crippen molar-refractivity contribution in [2.45, 2.75) is 44.2 Å². The van der Waals surface area contributed by atoms with Gasteiger partial charge in [-0.15, -0.1) is 0 Å². The maximum Gasteiger partial charge on any atom is 0.252 e. The number of hydrogen-bond donors (Lipinski definition) is 2. The molecule has 2 unspecified atom stereocenters. The molecule has 4 nitrogen and oxygen atoms in total. The average Bonchev–Trinajstić information content (AvgIpc) is 3.00. The molecular weight excluding hydrogens is 286 g/mol. The van der Waals surface area contributed by atoms with Gasteiger partial charge in [-0.05, 0) is 50.8 Å². The van der Waals surface area contributed by atoms with Gasteiger partial charge < -0.3 is 16.0 Å². The second kappa shape index (κ2) is 6.24. The van der Waals surface area contributed by atoms with Crippen LogP contribution >= 0.6 is 11.6 Å². The number of nitrogens with one attached hydrogen (secondary N) is 1. The molecule has 2 fully saturated rings. The average molecular weight is 308 g/mol. The summed E-state index contributed by atoms with van der Waals surface area (Å²) >= 11 is 6.21. The largest absolute Gasteiger partial charge is 0.366 e. The lowest BCUT2D eigenvalue weighted by Gasteiger charge is -2.41. The number of nitrogens with two attached hydrogens (primary N) is 1. The molecule has 0 aromatic heterocycles. The van der Waals surface area contributed by atoms with Crippen molar-refractivity contribution in [1.82, 2.24) is 5.32 Å². The highest BCUT2D eigenvalue weighted by atomic mass is 35.5. The lowest BCUT2D eigenvalue weighted by molar-refractivity contribution is 0.100. The Morgan fingerprint density at radius 1 is 1.29 bits per heavy atom. The molecule has 0 aliphatic carbocycles. The number of benzene rings is 1. The number of halogens is 1. The second-order valence-electron chi connectivity index (χ2n) is 5.96. The van der Waals surface area contributed by atoms with Gasteiger partial charge in [0, 0.05) is 18.6 Å². The zero-order valence-corrected chi connectivity index (χ0v) is 12.9. The van der Waals surface area contributed by atoms with Gasteiger partial charge >= 0.3 is 0 Å². The Kier molecular flexibility index (Phi) is 4.36. The minimum absolute atomic E-state index is 0.429. The van der Waals surface area contributed by atoms with E-state index in [2.05, 4.69) is 10.2 Å². The summed E-state index contributed by atoms with van der Waals surface area (Å²) in [5, 5.41) is 4.05. The van der Waals surface area contributed by atoms with Crippen molar-refractivity contribution in [3.05, 3.63) is 28.8 Å². The summed E-state index contributed by atoms with van der Waals surface area (Å²) in [5.41, 5.74) is 6.91. The highest BCUT2D eigenvalue weighted by molar-refractivity contribution is 6.34. The van der Waals surface area contributed by atoms with E-state index >= 15 is 0 Å². The third-order valence-corrected chi connectivity index (χ3v) is 4.97. The van der Waals surface area contributed by atoms with Crippen LogP contribution < -0.4 is 16.0 Å². The van der Waals surface area contributed by atoms with Crippen molar-refractivity contribution in [3.63, 3.8) is 0 Å². The predicted octanol–water partition coefficient (Wildman–Crippen LogP) is 2.55. The van der Waals surface area contributed by atoms with E-state index in [4.69, 9.17) is 17.3 Å². The number of rotatable bonds is 3. The first-order chi connectivity index (χ1) is 10.2. The Bertz CT molecular complexity index is 528. The molecule has 3 rings (SSSR count). The molecule has 21 heavy (non-hydrogen) atoms. The highest BCUT2D eigenvalue weighted by Gasteiger charge is 2.33. The van der Waals surface area contributed by atoms with Gasteiger partial charge in [-0.1, -0.05) is 17.7 Å². The van der Waals surface area contributed by atoms with Crippen molar-refractivity contribution in [2.24, 2.45) is 5.73 Å². The van der Waals surface area contributed by atoms with E-state index in [1.54, 1.807) is 6.07 Å². The Morgan fingerprint density at radius 3 is 2.86 bits per heavy atom. The summed E-state index contributed by atoms with van der Waals surface area (Å²) in [4.78, 5) is 14.2.